The van der Waals surface area contributed by atoms with Crippen molar-refractivity contribution in [2.75, 3.05) is 10.6 Å². The molecule has 6 nitrogen and oxygen atoms in total. The fraction of sp³-hybridized carbons (Fsp3) is 0.200. The second-order valence-electron chi connectivity index (χ2n) is 10.1. The fourth-order valence-corrected chi connectivity index (χ4v) is 4.28. The van der Waals surface area contributed by atoms with Crippen LogP contribution in [0.1, 0.15) is 48.0 Å². The summed E-state index contributed by atoms with van der Waals surface area (Å²) < 4.78 is 11.6. The molecule has 0 saturated carbocycles. The molecule has 0 radical (unpaired) electrons. The van der Waals surface area contributed by atoms with Gasteiger partial charge in [0.15, 0.2) is 0 Å². The van der Waals surface area contributed by atoms with Crippen LogP contribution >= 0.6 is 0 Å². The third-order valence-electron chi connectivity index (χ3n) is 6.21. The number of nitrogens with one attached hydrogen (secondary N) is 2. The van der Waals surface area contributed by atoms with Crippen molar-refractivity contribution in [3.8, 4) is 0 Å². The molecule has 2 N–H and O–H groups in total. The number of rotatable bonds is 5. The van der Waals surface area contributed by atoms with Gasteiger partial charge < -0.3 is 19.5 Å². The molecular formula is C30H28N2O4. The van der Waals surface area contributed by atoms with Crippen LogP contribution < -0.4 is 10.6 Å². The zero-order valence-electron chi connectivity index (χ0n) is 20.8. The largest absolute Gasteiger partial charge is 0.464 e. The van der Waals surface area contributed by atoms with Gasteiger partial charge in [-0.3, -0.25) is 9.59 Å². The van der Waals surface area contributed by atoms with E-state index >= 15 is 0 Å². The van der Waals surface area contributed by atoms with Gasteiger partial charge >= 0.3 is 0 Å². The Bertz CT molecular complexity index is 1600. The van der Waals surface area contributed by atoms with Gasteiger partial charge in [0.25, 0.3) is 5.91 Å². The summed E-state index contributed by atoms with van der Waals surface area (Å²) in [6.07, 6.45) is 1.72. The van der Waals surface area contributed by atoms with Crippen LogP contribution in [-0.2, 0) is 16.6 Å². The van der Waals surface area contributed by atoms with Crippen molar-refractivity contribution >= 4 is 45.1 Å². The minimum absolute atomic E-state index is 0.0275. The second-order valence-corrected chi connectivity index (χ2v) is 10.1. The first-order chi connectivity index (χ1) is 17.2. The van der Waals surface area contributed by atoms with Crippen LogP contribution in [0, 0.1) is 6.92 Å². The van der Waals surface area contributed by atoms with Gasteiger partial charge in [0, 0.05) is 22.0 Å². The van der Waals surface area contributed by atoms with Gasteiger partial charge in [0.1, 0.15) is 16.9 Å². The number of para-hydroxylation sites is 1. The number of furan rings is 2. The first kappa shape index (κ1) is 23.4. The van der Waals surface area contributed by atoms with E-state index in [0.29, 0.717) is 22.3 Å². The molecule has 0 aliphatic carbocycles. The Hall–Kier alpha value is -4.32. The van der Waals surface area contributed by atoms with Gasteiger partial charge in [0.2, 0.25) is 11.7 Å². The van der Waals surface area contributed by atoms with Crippen LogP contribution in [0.2, 0.25) is 0 Å². The molecule has 6 heteroatoms. The summed E-state index contributed by atoms with van der Waals surface area (Å²) in [4.78, 5) is 26.3. The summed E-state index contributed by atoms with van der Waals surface area (Å²) in [5.41, 5.74) is 5.19. The molecule has 2 heterocycles. The van der Waals surface area contributed by atoms with E-state index in [1.54, 1.807) is 12.3 Å². The zero-order chi connectivity index (χ0) is 25.4. The summed E-state index contributed by atoms with van der Waals surface area (Å²) in [5.74, 6) is -0.649. The predicted octanol–water partition coefficient (Wildman–Crippen LogP) is 7.22. The number of hydrogen-bond donors (Lipinski definition) is 2. The first-order valence-corrected chi connectivity index (χ1v) is 11.9. The Labute approximate surface area is 209 Å². The second kappa shape index (κ2) is 9.04. The lowest BCUT2D eigenvalue weighted by molar-refractivity contribution is -0.115. The molecule has 0 saturated heterocycles. The standard InChI is InChI=1S/C30H28N2O4/c1-18-8-7-9-21(14-18)31-29(34)28-27(22-10-5-6-11-25(22)36-28)32-26(33)15-19-17-35-24-13-12-20(16-23(19)24)30(2,3)4/h5-14,16-17H,15H2,1-4H3,(H,31,34)(H,32,33). The van der Waals surface area contributed by atoms with Crippen LogP contribution in [0.4, 0.5) is 11.4 Å². The molecule has 0 aliphatic rings. The van der Waals surface area contributed by atoms with Crippen LogP contribution in [0.25, 0.3) is 21.9 Å². The molecule has 0 aliphatic heterocycles. The monoisotopic (exact) mass is 480 g/mol. The maximum atomic E-state index is 13.2. The number of carbonyl (C=O) groups excluding carboxylic acids is 2. The maximum Gasteiger partial charge on any atom is 0.293 e. The lowest BCUT2D eigenvalue weighted by Crippen LogP contribution is -2.18. The molecule has 2 aromatic heterocycles. The fourth-order valence-electron chi connectivity index (χ4n) is 4.28. The number of amides is 2. The number of anilines is 2. The van der Waals surface area contributed by atoms with E-state index in [0.717, 1.165) is 27.7 Å². The van der Waals surface area contributed by atoms with Crippen molar-refractivity contribution in [3.05, 3.63) is 95.4 Å². The van der Waals surface area contributed by atoms with Crippen LogP contribution in [0.3, 0.4) is 0 Å². The van der Waals surface area contributed by atoms with Gasteiger partial charge in [-0.2, -0.15) is 0 Å². The molecule has 36 heavy (non-hydrogen) atoms. The van der Waals surface area contributed by atoms with Crippen LogP contribution in [0.15, 0.2) is 81.8 Å². The van der Waals surface area contributed by atoms with Crippen molar-refractivity contribution in [3.63, 3.8) is 0 Å². The predicted molar refractivity (Wildman–Crippen MR) is 143 cm³/mol. The molecule has 0 bridgehead atoms. The van der Waals surface area contributed by atoms with E-state index in [9.17, 15) is 9.59 Å². The summed E-state index contributed by atoms with van der Waals surface area (Å²) >= 11 is 0. The van der Waals surface area contributed by atoms with Crippen molar-refractivity contribution in [2.45, 2.75) is 39.5 Å². The van der Waals surface area contributed by atoms with Gasteiger partial charge in [0.05, 0.1) is 12.7 Å². The third kappa shape index (κ3) is 4.62. The van der Waals surface area contributed by atoms with E-state index in [1.165, 1.54) is 0 Å². The Balaban J connectivity index is 1.44. The Morgan fingerprint density at radius 3 is 2.44 bits per heavy atom. The molecule has 0 fully saturated rings. The highest BCUT2D eigenvalue weighted by molar-refractivity contribution is 6.14. The number of fused-ring (bicyclic) bond motifs is 2. The highest BCUT2D eigenvalue weighted by Gasteiger charge is 2.23. The topological polar surface area (TPSA) is 84.5 Å². The smallest absolute Gasteiger partial charge is 0.293 e. The van der Waals surface area contributed by atoms with Gasteiger partial charge in [-0.15, -0.1) is 0 Å². The summed E-state index contributed by atoms with van der Waals surface area (Å²) in [5, 5.41) is 7.36. The molecular weight excluding hydrogens is 452 g/mol. The molecule has 0 spiro atoms. The highest BCUT2D eigenvalue weighted by atomic mass is 16.3. The van der Waals surface area contributed by atoms with Gasteiger partial charge in [-0.05, 0) is 59.9 Å². The Morgan fingerprint density at radius 2 is 1.67 bits per heavy atom. The zero-order valence-corrected chi connectivity index (χ0v) is 20.8. The van der Waals surface area contributed by atoms with Crippen molar-refractivity contribution < 1.29 is 18.4 Å². The summed E-state index contributed by atoms with van der Waals surface area (Å²) in [6, 6.07) is 20.8. The first-order valence-electron chi connectivity index (χ1n) is 11.9. The van der Waals surface area contributed by atoms with E-state index in [2.05, 4.69) is 37.5 Å². The van der Waals surface area contributed by atoms with Crippen LogP contribution in [-0.4, -0.2) is 11.8 Å². The summed E-state index contributed by atoms with van der Waals surface area (Å²) in [6.45, 7) is 8.39. The number of hydrogen-bond acceptors (Lipinski definition) is 4. The Kier molecular flexibility index (Phi) is 5.88. The highest BCUT2D eigenvalue weighted by Crippen LogP contribution is 2.33. The quantitative estimate of drug-likeness (QED) is 0.278. The van der Waals surface area contributed by atoms with Crippen molar-refractivity contribution in [1.82, 2.24) is 0 Å². The lowest BCUT2D eigenvalue weighted by Gasteiger charge is -2.18. The number of aryl methyl sites for hydroxylation is 1. The van der Waals surface area contributed by atoms with E-state index in [1.807, 2.05) is 61.5 Å². The summed E-state index contributed by atoms with van der Waals surface area (Å²) in [7, 11) is 0. The number of benzene rings is 3. The molecule has 182 valence electrons. The SMILES string of the molecule is Cc1cccc(NC(=O)c2oc3ccccc3c2NC(=O)Cc2coc3ccc(C(C)(C)C)cc23)c1. The molecule has 0 atom stereocenters. The normalized spacial score (nSPS) is 11.7. The molecule has 2 amide bonds. The number of carbonyl (C=O) groups is 2. The van der Waals surface area contributed by atoms with Gasteiger partial charge in [-0.1, -0.05) is 51.1 Å². The minimum Gasteiger partial charge on any atom is -0.464 e. The third-order valence-corrected chi connectivity index (χ3v) is 6.21. The maximum absolute atomic E-state index is 13.2. The van der Waals surface area contributed by atoms with E-state index in [4.69, 9.17) is 8.83 Å². The van der Waals surface area contributed by atoms with Crippen molar-refractivity contribution in [1.29, 1.82) is 0 Å². The Morgan fingerprint density at radius 1 is 0.861 bits per heavy atom. The van der Waals surface area contributed by atoms with E-state index < -0.39 is 5.91 Å². The molecule has 5 rings (SSSR count). The van der Waals surface area contributed by atoms with E-state index in [-0.39, 0.29) is 23.5 Å². The lowest BCUT2D eigenvalue weighted by atomic mass is 9.86. The average Bonchev–Trinajstić information content (AvgIpc) is 3.40. The average molecular weight is 481 g/mol. The molecule has 0 unspecified atom stereocenters. The molecule has 3 aromatic carbocycles. The molecule has 5 aromatic rings. The van der Waals surface area contributed by atoms with Crippen LogP contribution in [0.5, 0.6) is 0 Å². The minimum atomic E-state index is -0.435. The van der Waals surface area contributed by atoms with Gasteiger partial charge in [-0.25, -0.2) is 0 Å². The van der Waals surface area contributed by atoms with Crippen molar-refractivity contribution in [2.24, 2.45) is 0 Å².